The Balaban J connectivity index is 0.000000329. The molecule has 84 valence electrons. The molecule has 0 atom stereocenters. The summed E-state index contributed by atoms with van der Waals surface area (Å²) in [5, 5.41) is 2.28. The molecule has 0 unspecified atom stereocenters. The number of halogens is 2. The molecule has 0 saturated carbocycles. The van der Waals surface area contributed by atoms with E-state index in [1.165, 1.54) is 0 Å². The molecule has 0 N–H and O–H groups in total. The van der Waals surface area contributed by atoms with E-state index in [1.807, 2.05) is 12.1 Å². The summed E-state index contributed by atoms with van der Waals surface area (Å²) in [6, 6.07) is 12.1. The van der Waals surface area contributed by atoms with E-state index in [2.05, 4.69) is 34.2 Å². The van der Waals surface area contributed by atoms with Gasteiger partial charge in [-0.3, -0.25) is 9.97 Å². The number of pyridine rings is 2. The van der Waals surface area contributed by atoms with Gasteiger partial charge in [0.15, 0.2) is 0 Å². The van der Waals surface area contributed by atoms with E-state index in [-0.39, 0.29) is 0 Å². The van der Waals surface area contributed by atoms with Crippen molar-refractivity contribution >= 4 is 58.5 Å². The van der Waals surface area contributed by atoms with Crippen molar-refractivity contribution in [2.24, 2.45) is 0 Å². The van der Waals surface area contributed by atoms with Crippen molar-refractivity contribution in [2.45, 2.75) is 0 Å². The zero-order valence-electron chi connectivity index (χ0n) is 8.77. The Kier molecular flexibility index (Phi) is 4.83. The number of hydrogen-bond donors (Lipinski definition) is 0. The summed E-state index contributed by atoms with van der Waals surface area (Å²) in [4.78, 5) is 8.69. The summed E-state index contributed by atoms with van der Waals surface area (Å²) < 4.78 is 0. The quantitative estimate of drug-likeness (QED) is 0.445. The van der Waals surface area contributed by atoms with Crippen LogP contribution in [0.25, 0.3) is 21.8 Å². The average Bonchev–Trinajstić information content (AvgIpc) is 2.40. The van der Waals surface area contributed by atoms with Gasteiger partial charge in [0.1, 0.15) is 0 Å². The fourth-order valence-electron chi connectivity index (χ4n) is 1.68. The van der Waals surface area contributed by atoms with Crippen LogP contribution in [0.1, 0.15) is 0 Å². The second-order valence-electron chi connectivity index (χ2n) is 3.29. The van der Waals surface area contributed by atoms with Crippen LogP contribution in [0.4, 0.5) is 0 Å². The van der Waals surface area contributed by atoms with E-state index in [0.29, 0.717) is 0 Å². The first-order valence-corrected chi connectivity index (χ1v) is 12.1. The molecule has 1 aromatic carbocycles. The smallest absolute Gasteiger partial charge is 0.0964 e. The van der Waals surface area contributed by atoms with Gasteiger partial charge >= 0.3 is 36.7 Å². The number of benzene rings is 1. The first-order chi connectivity index (χ1) is 8.36. The fraction of sp³-hybridized carbons (Fsp3) is 0. The normalized spacial score (nSPS) is 10.0. The molecule has 2 nitrogen and oxygen atoms in total. The molecule has 17 heavy (non-hydrogen) atoms. The topological polar surface area (TPSA) is 25.8 Å². The third-order valence-electron chi connectivity index (χ3n) is 2.34. The Morgan fingerprint density at radius 1 is 0.765 bits per heavy atom. The Hall–Kier alpha value is -0.581. The summed E-state index contributed by atoms with van der Waals surface area (Å²) in [5.41, 5.74) is 1.95. The fourth-order valence-corrected chi connectivity index (χ4v) is 1.68. The zero-order valence-corrected chi connectivity index (χ0v) is 13.1. The Bertz CT molecular complexity index is 576. The van der Waals surface area contributed by atoms with Gasteiger partial charge in [-0.25, -0.2) is 0 Å². The van der Waals surface area contributed by atoms with Gasteiger partial charge in [0.25, 0.3) is 0 Å². The monoisotopic (exact) mass is 370 g/mol. The van der Waals surface area contributed by atoms with E-state index in [0.717, 1.165) is 21.8 Å². The summed E-state index contributed by atoms with van der Waals surface area (Å²) in [6.45, 7) is 0. The number of aromatic nitrogens is 2. The Labute approximate surface area is 117 Å². The molecule has 0 spiro atoms. The van der Waals surface area contributed by atoms with Crippen LogP contribution in [0.15, 0.2) is 48.8 Å². The maximum atomic E-state index is 4.93. The van der Waals surface area contributed by atoms with Gasteiger partial charge in [-0.2, -0.15) is 0 Å². The van der Waals surface area contributed by atoms with Crippen molar-refractivity contribution in [3.05, 3.63) is 48.8 Å². The van der Waals surface area contributed by atoms with Gasteiger partial charge in [0.05, 0.1) is 11.0 Å². The molecule has 2 radical (unpaired) electrons. The van der Waals surface area contributed by atoms with Crippen LogP contribution >= 0.6 is 17.8 Å². The van der Waals surface area contributed by atoms with Crippen LogP contribution in [0.2, 0.25) is 0 Å². The molecule has 0 aliphatic rings. The zero-order chi connectivity index (χ0) is 12.1. The molecule has 3 rings (SSSR count). The maximum Gasteiger partial charge on any atom is 0.0964 e. The van der Waals surface area contributed by atoms with E-state index < -0.39 is 18.9 Å². The SMILES string of the molecule is [Cl][Sn][Cl].c1cnc2c(c1)ccc1cccnc12. The van der Waals surface area contributed by atoms with Crippen LogP contribution in [0, 0.1) is 0 Å². The van der Waals surface area contributed by atoms with Crippen LogP contribution in [0.3, 0.4) is 0 Å². The van der Waals surface area contributed by atoms with Crippen LogP contribution in [-0.2, 0) is 0 Å². The average molecular weight is 370 g/mol. The minimum Gasteiger partial charge on any atom is -0.254 e. The third-order valence-corrected chi connectivity index (χ3v) is 2.34. The second kappa shape index (κ2) is 6.38. The predicted octanol–water partition coefficient (Wildman–Crippen LogP) is 3.78. The minimum atomic E-state index is -0.826. The van der Waals surface area contributed by atoms with Crippen molar-refractivity contribution in [1.82, 2.24) is 9.97 Å². The van der Waals surface area contributed by atoms with E-state index in [4.69, 9.17) is 17.8 Å². The van der Waals surface area contributed by atoms with Gasteiger partial charge < -0.3 is 0 Å². The van der Waals surface area contributed by atoms with Crippen molar-refractivity contribution in [1.29, 1.82) is 0 Å². The van der Waals surface area contributed by atoms with Crippen molar-refractivity contribution in [3.8, 4) is 0 Å². The predicted molar refractivity (Wildman–Crippen MR) is 74.5 cm³/mol. The third kappa shape index (κ3) is 3.00. The van der Waals surface area contributed by atoms with Crippen molar-refractivity contribution in [3.63, 3.8) is 0 Å². The van der Waals surface area contributed by atoms with Gasteiger partial charge in [-0.15, -0.1) is 0 Å². The summed E-state index contributed by atoms with van der Waals surface area (Å²) >= 11 is -0.826. The Morgan fingerprint density at radius 2 is 1.18 bits per heavy atom. The minimum absolute atomic E-state index is 0.826. The maximum absolute atomic E-state index is 4.93. The Morgan fingerprint density at radius 3 is 1.59 bits per heavy atom. The second-order valence-corrected chi connectivity index (χ2v) is 7.53. The van der Waals surface area contributed by atoms with E-state index >= 15 is 0 Å². The summed E-state index contributed by atoms with van der Waals surface area (Å²) in [6.07, 6.45) is 3.60. The van der Waals surface area contributed by atoms with Crippen LogP contribution in [0.5, 0.6) is 0 Å². The molecule has 0 fully saturated rings. The van der Waals surface area contributed by atoms with Crippen molar-refractivity contribution in [2.75, 3.05) is 0 Å². The summed E-state index contributed by atoms with van der Waals surface area (Å²) in [7, 11) is 9.87. The van der Waals surface area contributed by atoms with Gasteiger partial charge in [0, 0.05) is 23.2 Å². The van der Waals surface area contributed by atoms with Crippen molar-refractivity contribution < 1.29 is 0 Å². The summed E-state index contributed by atoms with van der Waals surface area (Å²) in [5.74, 6) is 0. The van der Waals surface area contributed by atoms with Gasteiger partial charge in [-0.05, 0) is 12.1 Å². The van der Waals surface area contributed by atoms with E-state index in [1.54, 1.807) is 12.4 Å². The molecule has 2 heterocycles. The molecular weight excluding hydrogens is 362 g/mol. The molecule has 0 saturated heterocycles. The van der Waals surface area contributed by atoms with Crippen LogP contribution in [-0.4, -0.2) is 28.9 Å². The molecule has 3 aromatic rings. The molecule has 2 aromatic heterocycles. The van der Waals surface area contributed by atoms with Gasteiger partial charge in [-0.1, -0.05) is 24.3 Å². The largest absolute Gasteiger partial charge is 0.254 e. The molecule has 0 aliphatic heterocycles. The number of rotatable bonds is 0. The molecule has 0 aliphatic carbocycles. The molecular formula is C12H8Cl2N2Sn. The first kappa shape index (κ1) is 12.9. The van der Waals surface area contributed by atoms with Gasteiger partial charge in [0.2, 0.25) is 0 Å². The van der Waals surface area contributed by atoms with Crippen LogP contribution < -0.4 is 0 Å². The standard InChI is InChI=1S/C12H8N2.2ClH.Sn/c1-3-9-5-6-10-4-2-8-14-12(10)11(9)13-7-1;;;/h1-8H;2*1H;/q;;;+2/p-2. The number of hydrogen-bond acceptors (Lipinski definition) is 2. The molecule has 0 bridgehead atoms. The molecule has 5 heteroatoms. The molecule has 0 amide bonds. The number of fused-ring (bicyclic) bond motifs is 3. The number of nitrogens with zero attached hydrogens (tertiary/aromatic N) is 2. The first-order valence-electron chi connectivity index (χ1n) is 4.91. The van der Waals surface area contributed by atoms with E-state index in [9.17, 15) is 0 Å².